The highest BCUT2D eigenvalue weighted by molar-refractivity contribution is 5.95. The molecule has 176 valence electrons. The van der Waals surface area contributed by atoms with Gasteiger partial charge in [0.15, 0.2) is 0 Å². The highest BCUT2D eigenvalue weighted by Gasteiger charge is 2.39. The second-order valence-electron chi connectivity index (χ2n) is 7.32. The van der Waals surface area contributed by atoms with E-state index in [4.69, 9.17) is 16.6 Å². The van der Waals surface area contributed by atoms with E-state index < -0.39 is 66.9 Å². The molecule has 1 saturated heterocycles. The number of rotatable bonds is 13. The molecule has 0 aliphatic carbocycles. The van der Waals surface area contributed by atoms with Gasteiger partial charge >= 0.3 is 11.9 Å². The lowest BCUT2D eigenvalue weighted by atomic mass is 10.1. The van der Waals surface area contributed by atoms with Crippen LogP contribution >= 0.6 is 0 Å². The molecule has 0 spiro atoms. The molecule has 0 aromatic rings. The highest BCUT2D eigenvalue weighted by Crippen LogP contribution is 2.19. The molecule has 13 nitrogen and oxygen atoms in total. The van der Waals surface area contributed by atoms with Gasteiger partial charge in [-0.1, -0.05) is 6.42 Å². The van der Waals surface area contributed by atoms with Crippen molar-refractivity contribution in [2.75, 3.05) is 19.7 Å². The fraction of sp³-hybridized carbons (Fsp3) is 0.722. The van der Waals surface area contributed by atoms with Crippen LogP contribution in [0.5, 0.6) is 0 Å². The van der Waals surface area contributed by atoms with Gasteiger partial charge in [-0.3, -0.25) is 19.2 Å². The van der Waals surface area contributed by atoms with Crippen molar-refractivity contribution in [1.29, 1.82) is 0 Å². The van der Waals surface area contributed by atoms with Gasteiger partial charge < -0.3 is 42.3 Å². The maximum absolute atomic E-state index is 12.7. The number of likely N-dealkylation sites (tertiary alicyclic amines) is 1. The highest BCUT2D eigenvalue weighted by atomic mass is 16.4. The van der Waals surface area contributed by atoms with Crippen molar-refractivity contribution < 1.29 is 39.3 Å². The smallest absolute Gasteiger partial charge is 0.326 e. The van der Waals surface area contributed by atoms with Gasteiger partial charge in [0.1, 0.15) is 18.1 Å². The molecule has 1 fully saturated rings. The van der Waals surface area contributed by atoms with Crippen LogP contribution in [-0.2, 0) is 24.0 Å². The van der Waals surface area contributed by atoms with E-state index in [0.717, 1.165) is 4.90 Å². The molecule has 0 aromatic carbocycles. The topological polar surface area (TPSA) is 225 Å². The van der Waals surface area contributed by atoms with Gasteiger partial charge in [-0.2, -0.15) is 0 Å². The quantitative estimate of drug-likeness (QED) is 0.142. The van der Waals surface area contributed by atoms with Crippen LogP contribution in [0, 0.1) is 0 Å². The summed E-state index contributed by atoms with van der Waals surface area (Å²) in [4.78, 5) is 60.9. The summed E-state index contributed by atoms with van der Waals surface area (Å²) in [7, 11) is 0. The molecule has 9 N–H and O–H groups in total. The van der Waals surface area contributed by atoms with E-state index in [-0.39, 0.29) is 13.0 Å². The third-order valence-corrected chi connectivity index (χ3v) is 4.94. The van der Waals surface area contributed by atoms with Crippen molar-refractivity contribution in [2.24, 2.45) is 11.5 Å². The first-order chi connectivity index (χ1) is 14.6. The van der Waals surface area contributed by atoms with E-state index >= 15 is 0 Å². The lowest BCUT2D eigenvalue weighted by molar-refractivity contribution is -0.150. The number of nitrogens with zero attached hydrogens (tertiary/aromatic N) is 1. The van der Waals surface area contributed by atoms with Crippen molar-refractivity contribution in [2.45, 2.75) is 62.7 Å². The third-order valence-electron chi connectivity index (χ3n) is 4.94. The Balaban J connectivity index is 2.82. The molecule has 1 aliphatic rings. The van der Waals surface area contributed by atoms with E-state index in [1.54, 1.807) is 0 Å². The summed E-state index contributed by atoms with van der Waals surface area (Å²) in [5.74, 6) is -5.16. The number of unbranched alkanes of at least 4 members (excludes halogenated alkanes) is 1. The first-order valence-electron chi connectivity index (χ1n) is 10.0. The molecule has 4 unspecified atom stereocenters. The number of hydrogen-bond donors (Lipinski definition) is 7. The zero-order chi connectivity index (χ0) is 23.6. The predicted octanol–water partition coefficient (Wildman–Crippen LogP) is -3.05. The molecule has 0 aromatic heterocycles. The second-order valence-corrected chi connectivity index (χ2v) is 7.32. The first-order valence-corrected chi connectivity index (χ1v) is 10.0. The number of carboxylic acids is 2. The number of aliphatic hydroxyl groups excluding tert-OH is 1. The number of carbonyl (C=O) groups excluding carboxylic acids is 3. The summed E-state index contributed by atoms with van der Waals surface area (Å²) >= 11 is 0. The minimum Gasteiger partial charge on any atom is -0.481 e. The Labute approximate surface area is 179 Å². The first kappa shape index (κ1) is 26.3. The summed E-state index contributed by atoms with van der Waals surface area (Å²) < 4.78 is 0. The van der Waals surface area contributed by atoms with Crippen molar-refractivity contribution in [3.05, 3.63) is 0 Å². The molecule has 0 saturated carbocycles. The summed E-state index contributed by atoms with van der Waals surface area (Å²) in [6.45, 7) is -0.267. The summed E-state index contributed by atoms with van der Waals surface area (Å²) in [6.07, 6.45) is 1.42. The van der Waals surface area contributed by atoms with Crippen molar-refractivity contribution in [3.8, 4) is 0 Å². The Kier molecular flexibility index (Phi) is 10.9. The molecular formula is C18H31N5O8. The monoisotopic (exact) mass is 445 g/mol. The minimum atomic E-state index is -1.56. The molecule has 1 aliphatic heterocycles. The Bertz CT molecular complexity index is 673. The minimum absolute atomic E-state index is 0.111. The lowest BCUT2D eigenvalue weighted by Crippen LogP contribution is -2.58. The standard InChI is InChI=1S/C18H31N5O8/c19-6-2-1-4-10(20)15(27)22-12(9-24)16(28)21-11(8-14(25)26)17(29)23-7-3-5-13(23)18(30)31/h10-13,24H,1-9,19-20H2,(H,21,28)(H,22,27)(H,25,26)(H,30,31). The molecule has 31 heavy (non-hydrogen) atoms. The van der Waals surface area contributed by atoms with E-state index in [1.807, 2.05) is 0 Å². The largest absolute Gasteiger partial charge is 0.481 e. The van der Waals surface area contributed by atoms with Crippen LogP contribution in [0.4, 0.5) is 0 Å². The summed E-state index contributed by atoms with van der Waals surface area (Å²) in [6, 6.07) is -5.08. The van der Waals surface area contributed by atoms with Crippen molar-refractivity contribution in [3.63, 3.8) is 0 Å². The average Bonchev–Trinajstić information content (AvgIpc) is 3.20. The number of aliphatic hydroxyl groups is 1. The summed E-state index contributed by atoms with van der Waals surface area (Å²) in [5, 5.41) is 32.3. The predicted molar refractivity (Wildman–Crippen MR) is 106 cm³/mol. The van der Waals surface area contributed by atoms with Crippen LogP contribution in [0.25, 0.3) is 0 Å². The Morgan fingerprint density at radius 2 is 1.68 bits per heavy atom. The van der Waals surface area contributed by atoms with E-state index in [2.05, 4.69) is 10.6 Å². The Morgan fingerprint density at radius 1 is 1.03 bits per heavy atom. The fourth-order valence-electron chi connectivity index (χ4n) is 3.25. The normalized spacial score (nSPS) is 18.7. The van der Waals surface area contributed by atoms with E-state index in [9.17, 15) is 34.2 Å². The average molecular weight is 445 g/mol. The van der Waals surface area contributed by atoms with Crippen LogP contribution in [0.1, 0.15) is 38.5 Å². The lowest BCUT2D eigenvalue weighted by Gasteiger charge is -2.28. The van der Waals surface area contributed by atoms with Crippen LogP contribution in [0.2, 0.25) is 0 Å². The Hall–Kier alpha value is -2.77. The van der Waals surface area contributed by atoms with Gasteiger partial charge in [-0.05, 0) is 32.2 Å². The van der Waals surface area contributed by atoms with Gasteiger partial charge in [0.05, 0.1) is 19.1 Å². The van der Waals surface area contributed by atoms with Crippen LogP contribution in [0.3, 0.4) is 0 Å². The molecule has 0 radical (unpaired) electrons. The number of hydrogen-bond acceptors (Lipinski definition) is 8. The van der Waals surface area contributed by atoms with Crippen molar-refractivity contribution in [1.82, 2.24) is 15.5 Å². The molecule has 3 amide bonds. The number of nitrogens with two attached hydrogens (primary N) is 2. The number of carbonyl (C=O) groups is 5. The van der Waals surface area contributed by atoms with E-state index in [1.165, 1.54) is 0 Å². The molecular weight excluding hydrogens is 414 g/mol. The molecule has 0 bridgehead atoms. The zero-order valence-electron chi connectivity index (χ0n) is 17.2. The molecule has 4 atom stereocenters. The van der Waals surface area contributed by atoms with Crippen molar-refractivity contribution >= 4 is 29.7 Å². The van der Waals surface area contributed by atoms with Gasteiger partial charge in [0.25, 0.3) is 0 Å². The van der Waals surface area contributed by atoms with Gasteiger partial charge in [-0.25, -0.2) is 4.79 Å². The van der Waals surface area contributed by atoms with Crippen LogP contribution < -0.4 is 22.1 Å². The summed E-state index contributed by atoms with van der Waals surface area (Å²) in [5.41, 5.74) is 11.1. The number of nitrogens with one attached hydrogen (secondary N) is 2. The maximum Gasteiger partial charge on any atom is 0.326 e. The number of carboxylic acid groups (broad SMARTS) is 2. The molecule has 1 rings (SSSR count). The SMILES string of the molecule is NCCCCC(N)C(=O)NC(CO)C(=O)NC(CC(=O)O)C(=O)N1CCCC1C(=O)O. The van der Waals surface area contributed by atoms with Gasteiger partial charge in [0.2, 0.25) is 17.7 Å². The van der Waals surface area contributed by atoms with Gasteiger partial charge in [-0.15, -0.1) is 0 Å². The van der Waals surface area contributed by atoms with E-state index in [0.29, 0.717) is 32.2 Å². The maximum atomic E-state index is 12.7. The number of aliphatic carboxylic acids is 2. The number of amides is 3. The third kappa shape index (κ3) is 8.11. The Morgan fingerprint density at radius 3 is 2.23 bits per heavy atom. The van der Waals surface area contributed by atoms with Crippen LogP contribution in [0.15, 0.2) is 0 Å². The second kappa shape index (κ2) is 12.8. The van der Waals surface area contributed by atoms with Crippen LogP contribution in [-0.4, -0.2) is 93.7 Å². The molecule has 1 heterocycles. The van der Waals surface area contributed by atoms with Gasteiger partial charge in [0, 0.05) is 6.54 Å². The fourth-order valence-corrected chi connectivity index (χ4v) is 3.25. The molecule has 13 heteroatoms. The zero-order valence-corrected chi connectivity index (χ0v) is 17.2.